The van der Waals surface area contributed by atoms with Gasteiger partial charge < -0.3 is 5.11 Å². The molecule has 0 bridgehead atoms. The lowest BCUT2D eigenvalue weighted by Crippen LogP contribution is -2.26. The van der Waals surface area contributed by atoms with E-state index < -0.39 is 26.0 Å². The van der Waals surface area contributed by atoms with Crippen LogP contribution >= 0.6 is 0 Å². The third-order valence-electron chi connectivity index (χ3n) is 2.33. The monoisotopic (exact) mass is 322 g/mol. The summed E-state index contributed by atoms with van der Waals surface area (Å²) in [5, 5.41) is 8.44. The zero-order valence-electron chi connectivity index (χ0n) is 10.5. The van der Waals surface area contributed by atoms with Gasteiger partial charge in [-0.2, -0.15) is 0 Å². The van der Waals surface area contributed by atoms with E-state index in [2.05, 4.69) is 9.44 Å². The van der Waals surface area contributed by atoms with Gasteiger partial charge in [0.1, 0.15) is 0 Å². The zero-order chi connectivity index (χ0) is 15.4. The molecule has 3 N–H and O–H groups in total. The maximum absolute atomic E-state index is 11.9. The van der Waals surface area contributed by atoms with Crippen LogP contribution in [0.4, 0.5) is 0 Å². The molecule has 0 aromatic heterocycles. The van der Waals surface area contributed by atoms with Gasteiger partial charge in [0.25, 0.3) is 0 Å². The second-order valence-corrected chi connectivity index (χ2v) is 7.38. The highest BCUT2D eigenvalue weighted by Crippen LogP contribution is 2.15. The van der Waals surface area contributed by atoms with E-state index in [9.17, 15) is 21.6 Å². The number of rotatable bonds is 7. The maximum Gasteiger partial charge on any atom is 0.304 e. The van der Waals surface area contributed by atoms with E-state index in [4.69, 9.17) is 5.11 Å². The summed E-state index contributed by atoms with van der Waals surface area (Å²) in [5.74, 6) is -1.14. The van der Waals surface area contributed by atoms with Gasteiger partial charge in [0.15, 0.2) is 0 Å². The number of sulfonamides is 2. The van der Waals surface area contributed by atoms with Crippen LogP contribution in [0.1, 0.15) is 6.42 Å². The molecule has 1 aromatic carbocycles. The molecule has 0 aliphatic heterocycles. The molecule has 0 spiro atoms. The number of carboxylic acid groups (broad SMARTS) is 1. The summed E-state index contributed by atoms with van der Waals surface area (Å²) in [6, 6.07) is 4.75. The molecule has 0 heterocycles. The molecule has 0 amide bonds. The molecular weight excluding hydrogens is 308 g/mol. The zero-order valence-corrected chi connectivity index (χ0v) is 12.2. The van der Waals surface area contributed by atoms with E-state index in [0.29, 0.717) is 0 Å². The van der Waals surface area contributed by atoms with Gasteiger partial charge >= 0.3 is 5.97 Å². The Labute approximate surface area is 116 Å². The predicted molar refractivity (Wildman–Crippen MR) is 70.1 cm³/mol. The molecule has 0 atom stereocenters. The highest BCUT2D eigenvalue weighted by atomic mass is 32.2. The fraction of sp³-hybridized carbons (Fsp3) is 0.300. The van der Waals surface area contributed by atoms with Crippen LogP contribution in [0.5, 0.6) is 0 Å². The molecule has 0 aliphatic rings. The molecule has 10 heteroatoms. The van der Waals surface area contributed by atoms with Crippen molar-refractivity contribution in [3.63, 3.8) is 0 Å². The quantitative estimate of drug-likeness (QED) is 0.611. The molecule has 1 rings (SSSR count). The third-order valence-corrected chi connectivity index (χ3v) is 5.20. The Morgan fingerprint density at radius 3 is 2.20 bits per heavy atom. The highest BCUT2D eigenvalue weighted by molar-refractivity contribution is 7.90. The first kappa shape index (κ1) is 16.6. The largest absolute Gasteiger partial charge is 0.481 e. The minimum absolute atomic E-state index is 0.193. The lowest BCUT2D eigenvalue weighted by atomic mass is 10.4. The first-order valence-electron chi connectivity index (χ1n) is 5.44. The lowest BCUT2D eigenvalue weighted by molar-refractivity contribution is -0.136. The Bertz CT molecular complexity index is 696. The average Bonchev–Trinajstić information content (AvgIpc) is 2.38. The number of benzene rings is 1. The van der Waals surface area contributed by atoms with Gasteiger partial charge in [0.2, 0.25) is 20.0 Å². The van der Waals surface area contributed by atoms with Crippen molar-refractivity contribution in [3.8, 4) is 0 Å². The number of carbonyl (C=O) groups is 1. The van der Waals surface area contributed by atoms with E-state index in [0.717, 1.165) is 6.07 Å². The molecule has 0 saturated carbocycles. The van der Waals surface area contributed by atoms with Crippen LogP contribution in [-0.4, -0.2) is 41.5 Å². The van der Waals surface area contributed by atoms with Crippen LogP contribution in [0.2, 0.25) is 0 Å². The van der Waals surface area contributed by atoms with Crippen LogP contribution in [-0.2, 0) is 24.8 Å². The summed E-state index contributed by atoms with van der Waals surface area (Å²) in [5.41, 5.74) is 0. The number of carboxylic acids is 1. The van der Waals surface area contributed by atoms with Crippen LogP contribution in [0.25, 0.3) is 0 Å². The fourth-order valence-electron chi connectivity index (χ4n) is 1.30. The van der Waals surface area contributed by atoms with E-state index in [1.165, 1.54) is 25.2 Å². The van der Waals surface area contributed by atoms with Gasteiger partial charge in [-0.15, -0.1) is 0 Å². The number of aliphatic carboxylic acids is 1. The van der Waals surface area contributed by atoms with E-state index >= 15 is 0 Å². The van der Waals surface area contributed by atoms with Crippen LogP contribution in [0.3, 0.4) is 0 Å². The first-order valence-corrected chi connectivity index (χ1v) is 8.41. The van der Waals surface area contributed by atoms with Gasteiger partial charge in [-0.1, -0.05) is 6.07 Å². The van der Waals surface area contributed by atoms with Crippen LogP contribution < -0.4 is 9.44 Å². The fourth-order valence-corrected chi connectivity index (χ4v) is 3.23. The van der Waals surface area contributed by atoms with Gasteiger partial charge in [0, 0.05) is 6.54 Å². The summed E-state index contributed by atoms with van der Waals surface area (Å²) in [6.07, 6.45) is -0.367. The molecule has 0 saturated heterocycles. The molecule has 0 fully saturated rings. The van der Waals surface area contributed by atoms with E-state index in [1.54, 1.807) is 0 Å². The van der Waals surface area contributed by atoms with Crippen LogP contribution in [0.15, 0.2) is 34.1 Å². The summed E-state index contributed by atoms with van der Waals surface area (Å²) in [6.45, 7) is -0.277. The first-order chi connectivity index (χ1) is 9.19. The van der Waals surface area contributed by atoms with Gasteiger partial charge in [0.05, 0.1) is 16.2 Å². The normalized spacial score (nSPS) is 12.2. The summed E-state index contributed by atoms with van der Waals surface area (Å²) in [7, 11) is -6.49. The molecule has 20 heavy (non-hydrogen) atoms. The molecular formula is C10H14N2O6S2. The van der Waals surface area contributed by atoms with Gasteiger partial charge in [-0.05, 0) is 25.2 Å². The van der Waals surface area contributed by atoms with Crippen molar-refractivity contribution in [1.82, 2.24) is 9.44 Å². The van der Waals surface area contributed by atoms with Crippen molar-refractivity contribution in [3.05, 3.63) is 24.3 Å². The smallest absolute Gasteiger partial charge is 0.304 e. The van der Waals surface area contributed by atoms with Crippen molar-refractivity contribution in [2.75, 3.05) is 13.6 Å². The average molecular weight is 322 g/mol. The second-order valence-electron chi connectivity index (χ2n) is 3.72. The SMILES string of the molecule is CNS(=O)(=O)c1cccc(S(=O)(=O)NCCC(=O)O)c1. The Morgan fingerprint density at radius 2 is 1.70 bits per heavy atom. The molecule has 0 aliphatic carbocycles. The maximum atomic E-state index is 11.9. The second kappa shape index (κ2) is 6.31. The molecule has 112 valence electrons. The highest BCUT2D eigenvalue weighted by Gasteiger charge is 2.18. The Hall–Kier alpha value is -1.49. The van der Waals surface area contributed by atoms with Crippen molar-refractivity contribution in [1.29, 1.82) is 0 Å². The molecule has 8 nitrogen and oxygen atoms in total. The van der Waals surface area contributed by atoms with Crippen molar-refractivity contribution < 1.29 is 26.7 Å². The molecule has 0 radical (unpaired) electrons. The number of hydrogen-bond acceptors (Lipinski definition) is 5. The molecule has 1 aromatic rings. The van der Waals surface area contributed by atoms with Crippen LogP contribution in [0, 0.1) is 0 Å². The Morgan fingerprint density at radius 1 is 1.15 bits per heavy atom. The third kappa shape index (κ3) is 4.27. The number of hydrogen-bond donors (Lipinski definition) is 3. The topological polar surface area (TPSA) is 130 Å². The van der Waals surface area contributed by atoms with Gasteiger partial charge in [-0.3, -0.25) is 4.79 Å². The Balaban J connectivity index is 3.02. The summed E-state index contributed by atoms with van der Waals surface area (Å²) >= 11 is 0. The van der Waals surface area contributed by atoms with Gasteiger partial charge in [-0.25, -0.2) is 26.3 Å². The summed E-state index contributed by atoms with van der Waals surface area (Å²) < 4.78 is 51.0. The minimum atomic E-state index is -3.95. The summed E-state index contributed by atoms with van der Waals surface area (Å²) in [4.78, 5) is 9.88. The standard InChI is InChI=1S/C10H14N2O6S2/c1-11-19(15,16)8-3-2-4-9(7-8)20(17,18)12-6-5-10(13)14/h2-4,7,11-12H,5-6H2,1H3,(H,13,14). The van der Waals surface area contributed by atoms with E-state index in [-0.39, 0.29) is 22.8 Å². The van der Waals surface area contributed by atoms with Crippen molar-refractivity contribution >= 4 is 26.0 Å². The lowest BCUT2D eigenvalue weighted by Gasteiger charge is -2.07. The van der Waals surface area contributed by atoms with E-state index in [1.807, 2.05) is 0 Å². The number of nitrogens with one attached hydrogen (secondary N) is 2. The molecule has 0 unspecified atom stereocenters. The minimum Gasteiger partial charge on any atom is -0.481 e. The predicted octanol–water partition coefficient (Wildman–Crippen LogP) is -0.652. The van der Waals surface area contributed by atoms with Crippen molar-refractivity contribution in [2.24, 2.45) is 0 Å². The Kier molecular flexibility index (Phi) is 5.22. The van der Waals surface area contributed by atoms with Crippen molar-refractivity contribution in [2.45, 2.75) is 16.2 Å².